The third-order valence-electron chi connectivity index (χ3n) is 5.30. The predicted octanol–water partition coefficient (Wildman–Crippen LogP) is 4.21. The lowest BCUT2D eigenvalue weighted by molar-refractivity contribution is -0.139. The standard InChI is InChI=1S/C26H24FN3O4/c1-30(2)14-16-6-9-19(10-7-16)28-25(17-4-3-5-20(12-17)34-15-23(31)32)24-21-11-8-18(27)13-22(21)29-26(24)33/h3-13,24H,14-15H2,1-2H3,(H,29,33)(H,31,32). The van der Waals surface area contributed by atoms with Crippen LogP contribution < -0.4 is 10.1 Å². The zero-order valence-corrected chi connectivity index (χ0v) is 18.8. The van der Waals surface area contributed by atoms with E-state index < -0.39 is 24.3 Å². The molecule has 3 aromatic rings. The van der Waals surface area contributed by atoms with Gasteiger partial charge in [0.1, 0.15) is 17.5 Å². The van der Waals surface area contributed by atoms with Crippen molar-refractivity contribution in [3.63, 3.8) is 0 Å². The maximum atomic E-state index is 13.8. The number of ether oxygens (including phenoxy) is 1. The fourth-order valence-corrected chi connectivity index (χ4v) is 3.87. The Balaban J connectivity index is 1.78. The quantitative estimate of drug-likeness (QED) is 0.491. The van der Waals surface area contributed by atoms with Gasteiger partial charge in [-0.1, -0.05) is 30.3 Å². The van der Waals surface area contributed by atoms with Crippen molar-refractivity contribution in [1.29, 1.82) is 0 Å². The number of benzene rings is 3. The number of carboxylic acid groups (broad SMARTS) is 1. The first-order valence-electron chi connectivity index (χ1n) is 10.7. The Kier molecular flexibility index (Phi) is 6.70. The van der Waals surface area contributed by atoms with Gasteiger partial charge < -0.3 is 20.1 Å². The summed E-state index contributed by atoms with van der Waals surface area (Å²) < 4.78 is 19.1. The van der Waals surface area contributed by atoms with Crippen LogP contribution in [0.4, 0.5) is 15.8 Å². The Morgan fingerprint density at radius 3 is 2.59 bits per heavy atom. The highest BCUT2D eigenvalue weighted by atomic mass is 19.1. The molecular formula is C26H24FN3O4. The number of fused-ring (bicyclic) bond motifs is 1. The number of hydrogen-bond donors (Lipinski definition) is 2. The minimum atomic E-state index is -1.09. The van der Waals surface area contributed by atoms with E-state index in [0.29, 0.717) is 34.0 Å². The molecule has 2 N–H and O–H groups in total. The molecule has 1 amide bonds. The first-order chi connectivity index (χ1) is 16.3. The van der Waals surface area contributed by atoms with Crippen molar-refractivity contribution >= 4 is 29.0 Å². The van der Waals surface area contributed by atoms with Gasteiger partial charge in [-0.2, -0.15) is 0 Å². The van der Waals surface area contributed by atoms with Crippen LogP contribution in [0.5, 0.6) is 5.75 Å². The number of hydrogen-bond acceptors (Lipinski definition) is 5. The minimum absolute atomic E-state index is 0.319. The van der Waals surface area contributed by atoms with Gasteiger partial charge in [0.25, 0.3) is 0 Å². The van der Waals surface area contributed by atoms with E-state index in [-0.39, 0.29) is 5.91 Å². The summed E-state index contributed by atoms with van der Waals surface area (Å²) in [7, 11) is 3.98. The van der Waals surface area contributed by atoms with Gasteiger partial charge in [0.15, 0.2) is 6.61 Å². The molecule has 1 unspecified atom stereocenters. The van der Waals surface area contributed by atoms with Gasteiger partial charge >= 0.3 is 5.97 Å². The Morgan fingerprint density at radius 1 is 1.12 bits per heavy atom. The van der Waals surface area contributed by atoms with Gasteiger partial charge in [-0.25, -0.2) is 9.18 Å². The second-order valence-corrected chi connectivity index (χ2v) is 8.27. The number of carboxylic acids is 1. The third-order valence-corrected chi connectivity index (χ3v) is 5.30. The molecule has 0 bridgehead atoms. The van der Waals surface area contributed by atoms with Crippen LogP contribution in [0.25, 0.3) is 0 Å². The van der Waals surface area contributed by atoms with Gasteiger partial charge in [-0.15, -0.1) is 0 Å². The topological polar surface area (TPSA) is 91.2 Å². The van der Waals surface area contributed by atoms with Crippen LogP contribution in [0, 0.1) is 5.82 Å². The van der Waals surface area contributed by atoms with Crippen molar-refractivity contribution < 1.29 is 23.8 Å². The predicted molar refractivity (Wildman–Crippen MR) is 127 cm³/mol. The molecule has 3 aromatic carbocycles. The molecule has 0 fully saturated rings. The van der Waals surface area contributed by atoms with Crippen LogP contribution in [-0.2, 0) is 16.1 Å². The van der Waals surface area contributed by atoms with Crippen LogP contribution in [0.3, 0.4) is 0 Å². The Labute approximate surface area is 196 Å². The normalized spacial score (nSPS) is 15.2. The average Bonchev–Trinajstić information content (AvgIpc) is 3.11. The molecule has 174 valence electrons. The summed E-state index contributed by atoms with van der Waals surface area (Å²) in [6.45, 7) is 0.291. The van der Waals surface area contributed by atoms with E-state index >= 15 is 0 Å². The van der Waals surface area contributed by atoms with Crippen molar-refractivity contribution in [3.8, 4) is 5.75 Å². The summed E-state index contributed by atoms with van der Waals surface area (Å²) in [4.78, 5) is 30.8. The molecule has 7 nitrogen and oxygen atoms in total. The lowest BCUT2D eigenvalue weighted by Gasteiger charge is -2.15. The van der Waals surface area contributed by atoms with Crippen LogP contribution in [0.2, 0.25) is 0 Å². The van der Waals surface area contributed by atoms with E-state index in [1.54, 1.807) is 30.3 Å². The maximum absolute atomic E-state index is 13.8. The lowest BCUT2D eigenvalue weighted by atomic mass is 9.90. The zero-order chi connectivity index (χ0) is 24.2. The van der Waals surface area contributed by atoms with Gasteiger partial charge in [0, 0.05) is 17.8 Å². The third kappa shape index (κ3) is 5.29. The first kappa shape index (κ1) is 23.1. The first-order valence-corrected chi connectivity index (χ1v) is 10.7. The molecule has 0 aromatic heterocycles. The van der Waals surface area contributed by atoms with E-state index in [1.807, 2.05) is 38.4 Å². The summed E-state index contributed by atoms with van der Waals surface area (Å²) >= 11 is 0. The molecule has 0 saturated carbocycles. The zero-order valence-electron chi connectivity index (χ0n) is 18.8. The number of carbonyl (C=O) groups is 2. The molecule has 4 rings (SSSR count). The molecule has 1 atom stereocenters. The summed E-state index contributed by atoms with van der Waals surface area (Å²) in [5.74, 6) is -2.29. The molecule has 0 aliphatic carbocycles. The summed E-state index contributed by atoms with van der Waals surface area (Å²) in [6, 6.07) is 18.6. The monoisotopic (exact) mass is 461 g/mol. The fourth-order valence-electron chi connectivity index (χ4n) is 3.87. The highest BCUT2D eigenvalue weighted by molar-refractivity contribution is 6.24. The Hall–Kier alpha value is -4.04. The number of aliphatic imine (C=N–C) groups is 1. The van der Waals surface area contributed by atoms with E-state index in [1.165, 1.54) is 12.1 Å². The fraction of sp³-hybridized carbons (Fsp3) is 0.192. The molecule has 0 radical (unpaired) electrons. The number of anilines is 1. The van der Waals surface area contributed by atoms with Crippen molar-refractivity contribution in [3.05, 3.63) is 89.2 Å². The van der Waals surface area contributed by atoms with Crippen molar-refractivity contribution in [2.24, 2.45) is 4.99 Å². The molecular weight excluding hydrogens is 437 g/mol. The van der Waals surface area contributed by atoms with Crippen LogP contribution in [0.1, 0.15) is 22.6 Å². The summed E-state index contributed by atoms with van der Waals surface area (Å²) in [6.07, 6.45) is 0. The highest BCUT2D eigenvalue weighted by Gasteiger charge is 2.35. The van der Waals surface area contributed by atoms with E-state index in [0.717, 1.165) is 12.1 Å². The molecule has 1 heterocycles. The van der Waals surface area contributed by atoms with Crippen LogP contribution in [-0.4, -0.2) is 48.3 Å². The second-order valence-electron chi connectivity index (χ2n) is 8.27. The molecule has 8 heteroatoms. The van der Waals surface area contributed by atoms with Crippen molar-refractivity contribution in [2.45, 2.75) is 12.5 Å². The number of rotatable bonds is 8. The van der Waals surface area contributed by atoms with Gasteiger partial charge in [-0.05, 0) is 61.6 Å². The Bertz CT molecular complexity index is 1260. The summed E-state index contributed by atoms with van der Waals surface area (Å²) in [5, 5.41) is 11.7. The number of carbonyl (C=O) groups excluding carboxylic acids is 1. The van der Waals surface area contributed by atoms with Gasteiger partial charge in [0.05, 0.1) is 11.4 Å². The minimum Gasteiger partial charge on any atom is -0.482 e. The summed E-state index contributed by atoms with van der Waals surface area (Å²) in [5.41, 5.74) is 3.84. The van der Waals surface area contributed by atoms with Crippen molar-refractivity contribution in [2.75, 3.05) is 26.0 Å². The molecule has 0 saturated heterocycles. The molecule has 1 aliphatic rings. The van der Waals surface area contributed by atoms with Crippen LogP contribution in [0.15, 0.2) is 71.7 Å². The second kappa shape index (κ2) is 9.84. The van der Waals surface area contributed by atoms with E-state index in [2.05, 4.69) is 10.2 Å². The Morgan fingerprint density at radius 2 is 1.88 bits per heavy atom. The lowest BCUT2D eigenvalue weighted by Crippen LogP contribution is -2.22. The molecule has 1 aliphatic heterocycles. The molecule has 0 spiro atoms. The van der Waals surface area contributed by atoms with Gasteiger partial charge in [-0.3, -0.25) is 9.79 Å². The number of nitrogens with one attached hydrogen (secondary N) is 1. The average molecular weight is 461 g/mol. The largest absolute Gasteiger partial charge is 0.482 e. The van der Waals surface area contributed by atoms with E-state index in [4.69, 9.17) is 14.8 Å². The SMILES string of the molecule is CN(C)Cc1ccc(N=C(c2cccc(OCC(=O)O)c2)C2C(=O)Nc3cc(F)ccc32)cc1. The maximum Gasteiger partial charge on any atom is 0.341 e. The van der Waals surface area contributed by atoms with Crippen LogP contribution >= 0.6 is 0 Å². The number of nitrogens with zero attached hydrogens (tertiary/aromatic N) is 2. The van der Waals surface area contributed by atoms with Gasteiger partial charge in [0.2, 0.25) is 5.91 Å². The number of amides is 1. The molecule has 34 heavy (non-hydrogen) atoms. The number of halogens is 1. The van der Waals surface area contributed by atoms with Crippen molar-refractivity contribution in [1.82, 2.24) is 4.90 Å². The highest BCUT2D eigenvalue weighted by Crippen LogP contribution is 2.37. The number of aliphatic carboxylic acids is 1. The van der Waals surface area contributed by atoms with E-state index in [9.17, 15) is 14.0 Å². The smallest absolute Gasteiger partial charge is 0.341 e.